The highest BCUT2D eigenvalue weighted by atomic mass is 32.1. The number of carboxylic acids is 1. The monoisotopic (exact) mass is 266 g/mol. The summed E-state index contributed by atoms with van der Waals surface area (Å²) in [7, 11) is 0. The third-order valence-corrected chi connectivity index (χ3v) is 3.84. The third kappa shape index (κ3) is 1.67. The molecule has 0 aromatic carbocycles. The molecule has 0 radical (unpaired) electrons. The Morgan fingerprint density at radius 3 is 2.89 bits per heavy atom. The average Bonchev–Trinajstić information content (AvgIpc) is 2.93. The molecule has 0 atom stereocenters. The van der Waals surface area contributed by atoms with Gasteiger partial charge in [0.15, 0.2) is 0 Å². The van der Waals surface area contributed by atoms with Crippen molar-refractivity contribution in [3.05, 3.63) is 5.38 Å². The van der Waals surface area contributed by atoms with Crippen LogP contribution in [0.4, 0.5) is 0 Å². The topological polar surface area (TPSA) is 107 Å². The molecule has 0 unspecified atom stereocenters. The molecular formula is C9H10N6O2S. The Balaban J connectivity index is 1.90. The highest BCUT2D eigenvalue weighted by Gasteiger charge is 2.45. The maximum absolute atomic E-state index is 11.3. The molecule has 18 heavy (non-hydrogen) atoms. The summed E-state index contributed by atoms with van der Waals surface area (Å²) in [5, 5.41) is 26.2. The SMILES string of the molecule is O=C(O)C1(Cn2nnnc2-c2csnn2)CCC1. The molecule has 1 aliphatic rings. The summed E-state index contributed by atoms with van der Waals surface area (Å²) in [5.74, 6) is -0.317. The predicted molar refractivity (Wildman–Crippen MR) is 60.6 cm³/mol. The minimum Gasteiger partial charge on any atom is -0.481 e. The maximum atomic E-state index is 11.3. The molecule has 3 rings (SSSR count). The summed E-state index contributed by atoms with van der Waals surface area (Å²) >= 11 is 1.20. The van der Waals surface area contributed by atoms with Crippen molar-refractivity contribution in [1.82, 2.24) is 29.8 Å². The molecule has 2 heterocycles. The molecule has 8 nitrogen and oxygen atoms in total. The lowest BCUT2D eigenvalue weighted by molar-refractivity contribution is -0.156. The fourth-order valence-corrected chi connectivity index (χ4v) is 2.52. The van der Waals surface area contributed by atoms with Gasteiger partial charge in [-0.3, -0.25) is 4.79 Å². The second-order valence-corrected chi connectivity index (χ2v) is 5.00. The van der Waals surface area contributed by atoms with Crippen molar-refractivity contribution >= 4 is 17.5 Å². The predicted octanol–water partition coefficient (Wildman–Crippen LogP) is 0.446. The summed E-state index contributed by atoms with van der Waals surface area (Å²) in [6.45, 7) is 0.280. The molecule has 2 aromatic heterocycles. The summed E-state index contributed by atoms with van der Waals surface area (Å²) < 4.78 is 5.26. The standard InChI is InChI=1S/C9H10N6O2S/c16-8(17)9(2-1-3-9)5-15-7(11-12-13-15)6-4-18-14-10-6/h4H,1-3,5H2,(H,16,17). The van der Waals surface area contributed by atoms with Gasteiger partial charge >= 0.3 is 5.97 Å². The normalized spacial score (nSPS) is 17.3. The minimum atomic E-state index is -0.786. The Morgan fingerprint density at radius 2 is 2.33 bits per heavy atom. The van der Waals surface area contributed by atoms with E-state index >= 15 is 0 Å². The molecule has 2 aromatic rings. The van der Waals surface area contributed by atoms with Crippen LogP contribution in [0.2, 0.25) is 0 Å². The first-order chi connectivity index (χ1) is 8.71. The molecule has 9 heteroatoms. The molecule has 0 aliphatic heterocycles. The van der Waals surface area contributed by atoms with E-state index in [0.29, 0.717) is 24.4 Å². The number of rotatable bonds is 4. The minimum absolute atomic E-state index is 0.280. The summed E-state index contributed by atoms with van der Waals surface area (Å²) in [5.41, 5.74) is -0.155. The number of aliphatic carboxylic acids is 1. The van der Waals surface area contributed by atoms with Gasteiger partial charge in [0.05, 0.1) is 12.0 Å². The van der Waals surface area contributed by atoms with E-state index in [-0.39, 0.29) is 6.54 Å². The molecule has 0 amide bonds. The highest BCUT2D eigenvalue weighted by molar-refractivity contribution is 7.03. The first-order valence-electron chi connectivity index (χ1n) is 5.48. The van der Waals surface area contributed by atoms with Crippen molar-refractivity contribution in [2.24, 2.45) is 5.41 Å². The number of carboxylic acid groups (broad SMARTS) is 1. The first kappa shape index (κ1) is 11.2. The molecule has 0 spiro atoms. The van der Waals surface area contributed by atoms with Gasteiger partial charge < -0.3 is 5.11 Å². The van der Waals surface area contributed by atoms with E-state index in [9.17, 15) is 9.90 Å². The number of hydrogen-bond acceptors (Lipinski definition) is 7. The number of hydrogen-bond donors (Lipinski definition) is 1. The van der Waals surface area contributed by atoms with E-state index in [1.165, 1.54) is 16.2 Å². The molecule has 1 aliphatic carbocycles. The van der Waals surface area contributed by atoms with Crippen molar-refractivity contribution < 1.29 is 9.90 Å². The van der Waals surface area contributed by atoms with Crippen LogP contribution in [0.15, 0.2) is 5.38 Å². The fourth-order valence-electron chi connectivity index (χ4n) is 2.09. The Labute approximate surface area is 106 Å². The van der Waals surface area contributed by atoms with Crippen molar-refractivity contribution in [1.29, 1.82) is 0 Å². The summed E-state index contributed by atoms with van der Waals surface area (Å²) in [6.07, 6.45) is 2.26. The van der Waals surface area contributed by atoms with Gasteiger partial charge in [0.1, 0.15) is 5.69 Å². The zero-order valence-electron chi connectivity index (χ0n) is 9.35. The summed E-state index contributed by atoms with van der Waals surface area (Å²) in [4.78, 5) is 11.3. The van der Waals surface area contributed by atoms with E-state index in [2.05, 4.69) is 25.1 Å². The number of carbonyl (C=O) groups is 1. The third-order valence-electron chi connectivity index (χ3n) is 3.34. The zero-order chi connectivity index (χ0) is 12.6. The lowest BCUT2D eigenvalue weighted by atomic mass is 9.69. The lowest BCUT2D eigenvalue weighted by Gasteiger charge is -2.37. The van der Waals surface area contributed by atoms with Crippen LogP contribution in [0.3, 0.4) is 0 Å². The Bertz CT molecular complexity index is 561. The Kier molecular flexibility index (Phi) is 2.54. The van der Waals surface area contributed by atoms with Crippen molar-refractivity contribution in [2.45, 2.75) is 25.8 Å². The molecule has 1 saturated carbocycles. The molecular weight excluding hydrogens is 256 g/mol. The number of aromatic nitrogens is 6. The van der Waals surface area contributed by atoms with Gasteiger partial charge in [-0.15, -0.1) is 10.2 Å². The van der Waals surface area contributed by atoms with Crippen LogP contribution in [-0.2, 0) is 11.3 Å². The average molecular weight is 266 g/mol. The van der Waals surface area contributed by atoms with E-state index < -0.39 is 11.4 Å². The lowest BCUT2D eigenvalue weighted by Crippen LogP contribution is -2.42. The fraction of sp³-hybridized carbons (Fsp3) is 0.556. The van der Waals surface area contributed by atoms with Crippen molar-refractivity contribution in [3.8, 4) is 11.5 Å². The number of nitrogens with zero attached hydrogens (tertiary/aromatic N) is 6. The molecule has 94 valence electrons. The van der Waals surface area contributed by atoms with Crippen LogP contribution >= 0.6 is 11.5 Å². The Hall–Kier alpha value is -1.90. The second kappa shape index (κ2) is 4.09. The largest absolute Gasteiger partial charge is 0.481 e. The van der Waals surface area contributed by atoms with E-state index in [1.807, 2.05) is 0 Å². The van der Waals surface area contributed by atoms with Crippen LogP contribution in [0.1, 0.15) is 19.3 Å². The van der Waals surface area contributed by atoms with Crippen molar-refractivity contribution in [3.63, 3.8) is 0 Å². The number of tetrazole rings is 1. The van der Waals surface area contributed by atoms with Crippen LogP contribution in [0.5, 0.6) is 0 Å². The van der Waals surface area contributed by atoms with Crippen LogP contribution < -0.4 is 0 Å². The summed E-state index contributed by atoms with van der Waals surface area (Å²) in [6, 6.07) is 0. The van der Waals surface area contributed by atoms with Gasteiger partial charge in [0.2, 0.25) is 5.82 Å². The molecule has 1 N–H and O–H groups in total. The van der Waals surface area contributed by atoms with Gasteiger partial charge in [0.25, 0.3) is 0 Å². The Morgan fingerprint density at radius 1 is 1.50 bits per heavy atom. The van der Waals surface area contributed by atoms with Gasteiger partial charge in [-0.05, 0) is 34.8 Å². The van der Waals surface area contributed by atoms with Crippen LogP contribution in [0, 0.1) is 5.41 Å². The highest BCUT2D eigenvalue weighted by Crippen LogP contribution is 2.42. The smallest absolute Gasteiger partial charge is 0.311 e. The second-order valence-electron chi connectivity index (χ2n) is 4.39. The van der Waals surface area contributed by atoms with Crippen molar-refractivity contribution in [2.75, 3.05) is 0 Å². The van der Waals surface area contributed by atoms with Crippen LogP contribution in [-0.4, -0.2) is 40.9 Å². The zero-order valence-corrected chi connectivity index (χ0v) is 10.2. The molecule has 0 saturated heterocycles. The van der Waals surface area contributed by atoms with Gasteiger partial charge in [-0.25, -0.2) is 4.68 Å². The van der Waals surface area contributed by atoms with E-state index in [4.69, 9.17) is 0 Å². The molecule has 0 bridgehead atoms. The maximum Gasteiger partial charge on any atom is 0.311 e. The van der Waals surface area contributed by atoms with Gasteiger partial charge in [-0.2, -0.15) is 0 Å². The quantitative estimate of drug-likeness (QED) is 0.855. The first-order valence-corrected chi connectivity index (χ1v) is 6.32. The molecule has 1 fully saturated rings. The van der Waals surface area contributed by atoms with Gasteiger partial charge in [0, 0.05) is 5.38 Å². The van der Waals surface area contributed by atoms with Crippen LogP contribution in [0.25, 0.3) is 11.5 Å². The van der Waals surface area contributed by atoms with Gasteiger partial charge in [-0.1, -0.05) is 10.9 Å². The van der Waals surface area contributed by atoms with E-state index in [1.54, 1.807) is 5.38 Å². The van der Waals surface area contributed by atoms with E-state index in [0.717, 1.165) is 6.42 Å².